The Kier molecular flexibility index (Phi) is 5.90. The molecule has 84 valence electrons. The van der Waals surface area contributed by atoms with Crippen LogP contribution in [0.15, 0.2) is 0 Å². The van der Waals surface area contributed by atoms with Crippen molar-refractivity contribution in [2.75, 3.05) is 18.1 Å². The zero-order valence-electron chi connectivity index (χ0n) is 9.11. The van der Waals surface area contributed by atoms with Crippen molar-refractivity contribution in [2.45, 2.75) is 38.6 Å². The number of hydrogen-bond acceptors (Lipinski definition) is 3. The summed E-state index contributed by atoms with van der Waals surface area (Å²) in [7, 11) is 0. The van der Waals surface area contributed by atoms with Crippen molar-refractivity contribution in [3.8, 4) is 0 Å². The lowest BCUT2D eigenvalue weighted by atomic mass is 10.0. The van der Waals surface area contributed by atoms with E-state index in [1.165, 1.54) is 31.4 Å². The summed E-state index contributed by atoms with van der Waals surface area (Å²) in [4.78, 5) is 0. The minimum atomic E-state index is 0.315. The molecule has 1 fully saturated rings. The minimum Gasteiger partial charge on any atom is -0.396 e. The summed E-state index contributed by atoms with van der Waals surface area (Å²) in [5.74, 6) is 3.51. The van der Waals surface area contributed by atoms with E-state index < -0.39 is 0 Å². The van der Waals surface area contributed by atoms with Crippen LogP contribution in [0.25, 0.3) is 0 Å². The highest BCUT2D eigenvalue weighted by atomic mass is 32.2. The van der Waals surface area contributed by atoms with E-state index in [0.29, 0.717) is 18.6 Å². The highest BCUT2D eigenvalue weighted by molar-refractivity contribution is 7.99. The van der Waals surface area contributed by atoms with Gasteiger partial charge in [-0.2, -0.15) is 11.8 Å². The molecule has 0 aromatic carbocycles. The highest BCUT2D eigenvalue weighted by Gasteiger charge is 2.22. The third-order valence-corrected chi connectivity index (χ3v) is 4.39. The van der Waals surface area contributed by atoms with E-state index in [0.717, 1.165) is 11.7 Å². The van der Waals surface area contributed by atoms with E-state index >= 15 is 0 Å². The number of aliphatic hydroxyl groups is 1. The molecule has 1 aliphatic rings. The van der Waals surface area contributed by atoms with Gasteiger partial charge in [-0.1, -0.05) is 13.3 Å². The Bertz CT molecular complexity index is 154. The van der Waals surface area contributed by atoms with Gasteiger partial charge in [0.15, 0.2) is 0 Å². The maximum absolute atomic E-state index is 8.85. The predicted octanol–water partition coefficient (Wildman–Crippen LogP) is 1.87. The maximum atomic E-state index is 8.85. The molecule has 0 amide bonds. The molecule has 2 nitrogen and oxygen atoms in total. The second-order valence-electron chi connectivity index (χ2n) is 4.51. The van der Waals surface area contributed by atoms with Crippen molar-refractivity contribution in [3.63, 3.8) is 0 Å². The van der Waals surface area contributed by atoms with E-state index in [9.17, 15) is 0 Å². The average molecular weight is 217 g/mol. The van der Waals surface area contributed by atoms with Gasteiger partial charge in [-0.3, -0.25) is 0 Å². The molecule has 0 spiro atoms. The number of thioether (sulfide) groups is 1. The van der Waals surface area contributed by atoms with Crippen molar-refractivity contribution in [1.29, 1.82) is 0 Å². The lowest BCUT2D eigenvalue weighted by Crippen LogP contribution is -2.24. The molecule has 1 saturated carbocycles. The van der Waals surface area contributed by atoms with Crippen LogP contribution >= 0.6 is 11.8 Å². The number of rotatable bonds is 6. The molecule has 3 heteroatoms. The first kappa shape index (κ1) is 12.3. The highest BCUT2D eigenvalue weighted by Crippen LogP contribution is 2.28. The van der Waals surface area contributed by atoms with Gasteiger partial charge < -0.3 is 10.8 Å². The van der Waals surface area contributed by atoms with Crippen molar-refractivity contribution in [3.05, 3.63) is 0 Å². The third kappa shape index (κ3) is 4.20. The van der Waals surface area contributed by atoms with Crippen LogP contribution in [0, 0.1) is 11.8 Å². The first-order valence-electron chi connectivity index (χ1n) is 5.68. The van der Waals surface area contributed by atoms with Crippen LogP contribution in [-0.2, 0) is 0 Å². The van der Waals surface area contributed by atoms with Gasteiger partial charge in [0.05, 0.1) is 0 Å². The molecule has 0 aromatic heterocycles. The molecule has 3 unspecified atom stereocenters. The Morgan fingerprint density at radius 3 is 2.86 bits per heavy atom. The van der Waals surface area contributed by atoms with E-state index in [2.05, 4.69) is 6.92 Å². The van der Waals surface area contributed by atoms with Gasteiger partial charge in [0.2, 0.25) is 0 Å². The van der Waals surface area contributed by atoms with Crippen LogP contribution in [0.3, 0.4) is 0 Å². The van der Waals surface area contributed by atoms with Gasteiger partial charge >= 0.3 is 0 Å². The number of hydrogen-bond donors (Lipinski definition) is 2. The fourth-order valence-electron chi connectivity index (χ4n) is 2.00. The summed E-state index contributed by atoms with van der Waals surface area (Å²) in [6.45, 7) is 2.41. The molecule has 1 rings (SSSR count). The quantitative estimate of drug-likeness (QED) is 0.668. The SMILES string of the molecule is CC(CO)CSCCC1CCCC1N. The molecular weight excluding hydrogens is 194 g/mol. The Hall–Kier alpha value is 0.270. The first-order chi connectivity index (χ1) is 6.74. The molecule has 0 saturated heterocycles. The van der Waals surface area contributed by atoms with Gasteiger partial charge in [-0.25, -0.2) is 0 Å². The molecule has 14 heavy (non-hydrogen) atoms. The smallest absolute Gasteiger partial charge is 0.0464 e. The topological polar surface area (TPSA) is 46.2 Å². The van der Waals surface area contributed by atoms with Gasteiger partial charge in [-0.15, -0.1) is 0 Å². The Balaban J connectivity index is 1.98. The molecule has 3 N–H and O–H groups in total. The molecule has 0 radical (unpaired) electrons. The predicted molar refractivity (Wildman–Crippen MR) is 63.5 cm³/mol. The van der Waals surface area contributed by atoms with Gasteiger partial charge in [0.25, 0.3) is 0 Å². The Morgan fingerprint density at radius 2 is 2.29 bits per heavy atom. The van der Waals surface area contributed by atoms with Crippen LogP contribution < -0.4 is 5.73 Å². The summed E-state index contributed by atoms with van der Waals surface area (Å²) in [5, 5.41) is 8.85. The third-order valence-electron chi connectivity index (χ3n) is 3.06. The normalized spacial score (nSPS) is 29.4. The molecule has 0 aromatic rings. The van der Waals surface area contributed by atoms with Crippen LogP contribution in [0.4, 0.5) is 0 Å². The van der Waals surface area contributed by atoms with Crippen molar-refractivity contribution >= 4 is 11.8 Å². The Labute approximate surface area is 91.6 Å². The number of aliphatic hydroxyl groups excluding tert-OH is 1. The molecular formula is C11H23NOS. The van der Waals surface area contributed by atoms with Crippen molar-refractivity contribution in [1.82, 2.24) is 0 Å². The average Bonchev–Trinajstić information content (AvgIpc) is 2.58. The monoisotopic (exact) mass is 217 g/mol. The molecule has 1 aliphatic carbocycles. The fourth-order valence-corrected chi connectivity index (χ4v) is 3.14. The molecule has 3 atom stereocenters. The van der Waals surface area contributed by atoms with Crippen LogP contribution in [0.5, 0.6) is 0 Å². The van der Waals surface area contributed by atoms with Crippen LogP contribution in [0.1, 0.15) is 32.6 Å². The lowest BCUT2D eigenvalue weighted by Gasteiger charge is -2.15. The summed E-state index contributed by atoms with van der Waals surface area (Å²) in [5.41, 5.74) is 6.00. The number of nitrogens with two attached hydrogens (primary N) is 1. The zero-order valence-corrected chi connectivity index (χ0v) is 9.93. The van der Waals surface area contributed by atoms with E-state index in [-0.39, 0.29) is 0 Å². The van der Waals surface area contributed by atoms with Gasteiger partial charge in [0, 0.05) is 12.6 Å². The van der Waals surface area contributed by atoms with E-state index in [1.54, 1.807) is 0 Å². The summed E-state index contributed by atoms with van der Waals surface area (Å²) < 4.78 is 0. The summed E-state index contributed by atoms with van der Waals surface area (Å²) >= 11 is 1.96. The van der Waals surface area contributed by atoms with Crippen LogP contribution in [0.2, 0.25) is 0 Å². The van der Waals surface area contributed by atoms with E-state index in [1.807, 2.05) is 11.8 Å². The van der Waals surface area contributed by atoms with Crippen molar-refractivity contribution in [2.24, 2.45) is 17.6 Å². The molecule has 0 heterocycles. The first-order valence-corrected chi connectivity index (χ1v) is 6.83. The zero-order chi connectivity index (χ0) is 10.4. The lowest BCUT2D eigenvalue weighted by molar-refractivity contribution is 0.250. The van der Waals surface area contributed by atoms with Gasteiger partial charge in [0.1, 0.15) is 0 Å². The van der Waals surface area contributed by atoms with E-state index in [4.69, 9.17) is 10.8 Å². The summed E-state index contributed by atoms with van der Waals surface area (Å²) in [6, 6.07) is 0.464. The second kappa shape index (κ2) is 6.70. The standard InChI is InChI=1S/C11H23NOS/c1-9(7-13)8-14-6-5-10-3-2-4-11(10)12/h9-11,13H,2-8,12H2,1H3. The van der Waals surface area contributed by atoms with Gasteiger partial charge in [-0.05, 0) is 42.6 Å². The summed E-state index contributed by atoms with van der Waals surface area (Å²) in [6.07, 6.45) is 5.15. The van der Waals surface area contributed by atoms with Crippen LogP contribution in [-0.4, -0.2) is 29.3 Å². The minimum absolute atomic E-state index is 0.315. The van der Waals surface area contributed by atoms with Crippen molar-refractivity contribution < 1.29 is 5.11 Å². The molecule has 0 aliphatic heterocycles. The molecule has 0 bridgehead atoms. The Morgan fingerprint density at radius 1 is 1.50 bits per heavy atom. The maximum Gasteiger partial charge on any atom is 0.0464 e. The fraction of sp³-hybridized carbons (Fsp3) is 1.00. The second-order valence-corrected chi connectivity index (χ2v) is 5.66. The largest absolute Gasteiger partial charge is 0.396 e.